The molecule has 0 aliphatic heterocycles. The lowest BCUT2D eigenvalue weighted by Gasteiger charge is -2.19. The largest absolute Gasteiger partial charge is 0.466 e. The molecule has 0 saturated carbocycles. The summed E-state index contributed by atoms with van der Waals surface area (Å²) in [5.74, 6) is -0.702. The van der Waals surface area contributed by atoms with Crippen LogP contribution in [0.25, 0.3) is 0 Å². The number of carbonyl (C=O) groups is 1. The zero-order chi connectivity index (χ0) is 11.1. The van der Waals surface area contributed by atoms with Crippen LogP contribution in [0.2, 0.25) is 0 Å². The van der Waals surface area contributed by atoms with Gasteiger partial charge in [-0.25, -0.2) is 8.78 Å². The summed E-state index contributed by atoms with van der Waals surface area (Å²) in [7, 11) is 1.56. The summed E-state index contributed by atoms with van der Waals surface area (Å²) in [5.41, 5.74) is 0. The second-order valence-corrected chi connectivity index (χ2v) is 3.27. The van der Waals surface area contributed by atoms with Gasteiger partial charge in [-0.15, -0.1) is 0 Å². The second kappa shape index (κ2) is 6.70. The van der Waals surface area contributed by atoms with Gasteiger partial charge in [0.05, 0.1) is 19.1 Å². The van der Waals surface area contributed by atoms with Crippen molar-refractivity contribution in [1.82, 2.24) is 4.90 Å². The van der Waals surface area contributed by atoms with Gasteiger partial charge in [0.2, 0.25) is 0 Å². The molecule has 84 valence electrons. The first kappa shape index (κ1) is 13.3. The highest BCUT2D eigenvalue weighted by molar-refractivity contribution is 5.72. The van der Waals surface area contributed by atoms with E-state index >= 15 is 0 Å². The van der Waals surface area contributed by atoms with E-state index in [-0.39, 0.29) is 18.4 Å². The van der Waals surface area contributed by atoms with Crippen molar-refractivity contribution in [2.75, 3.05) is 26.7 Å². The topological polar surface area (TPSA) is 29.5 Å². The van der Waals surface area contributed by atoms with E-state index < -0.39 is 6.43 Å². The van der Waals surface area contributed by atoms with E-state index in [1.165, 1.54) is 4.90 Å². The Morgan fingerprint density at radius 1 is 1.43 bits per heavy atom. The third-order valence-corrected chi connectivity index (χ3v) is 1.72. The minimum Gasteiger partial charge on any atom is -0.466 e. The lowest BCUT2D eigenvalue weighted by atomic mass is 10.2. The Kier molecular flexibility index (Phi) is 6.36. The summed E-state index contributed by atoms with van der Waals surface area (Å²) < 4.78 is 28.6. The van der Waals surface area contributed by atoms with Gasteiger partial charge >= 0.3 is 5.97 Å². The Morgan fingerprint density at radius 2 is 2.00 bits per heavy atom. The van der Waals surface area contributed by atoms with Crippen molar-refractivity contribution in [2.24, 2.45) is 5.92 Å². The standard InChI is InChI=1S/C9H17F2NO2/c1-4-14-9(13)7(2)5-12(3)6-8(10)11/h7-8H,4-6H2,1-3H3. The number of esters is 1. The molecule has 0 heterocycles. The van der Waals surface area contributed by atoms with Crippen LogP contribution in [0.1, 0.15) is 13.8 Å². The number of hydrogen-bond donors (Lipinski definition) is 0. The predicted molar refractivity (Wildman–Crippen MR) is 49.3 cm³/mol. The average molecular weight is 209 g/mol. The van der Waals surface area contributed by atoms with Crippen LogP contribution in [0.5, 0.6) is 0 Å². The van der Waals surface area contributed by atoms with Crippen LogP contribution >= 0.6 is 0 Å². The highest BCUT2D eigenvalue weighted by atomic mass is 19.3. The number of alkyl halides is 2. The fourth-order valence-electron chi connectivity index (χ4n) is 1.14. The van der Waals surface area contributed by atoms with Gasteiger partial charge in [0.25, 0.3) is 6.43 Å². The molecule has 0 amide bonds. The van der Waals surface area contributed by atoms with Crippen LogP contribution in [0.3, 0.4) is 0 Å². The lowest BCUT2D eigenvalue weighted by Crippen LogP contribution is -2.32. The van der Waals surface area contributed by atoms with Crippen molar-refractivity contribution >= 4 is 5.97 Å². The fraction of sp³-hybridized carbons (Fsp3) is 0.889. The van der Waals surface area contributed by atoms with Gasteiger partial charge in [0.1, 0.15) is 0 Å². The Bertz CT molecular complexity index is 176. The van der Waals surface area contributed by atoms with Crippen molar-refractivity contribution in [3.63, 3.8) is 0 Å². The number of ether oxygens (including phenoxy) is 1. The monoisotopic (exact) mass is 209 g/mol. The summed E-state index contributed by atoms with van der Waals surface area (Å²) >= 11 is 0. The number of halogens is 2. The molecule has 3 nitrogen and oxygen atoms in total. The highest BCUT2D eigenvalue weighted by Gasteiger charge is 2.17. The molecule has 0 saturated heterocycles. The molecule has 1 atom stereocenters. The molecule has 0 aromatic carbocycles. The summed E-state index contributed by atoms with van der Waals surface area (Å²) in [4.78, 5) is 12.6. The molecule has 0 aliphatic carbocycles. The summed E-state index contributed by atoms with van der Waals surface area (Å²) in [6.45, 7) is 3.68. The highest BCUT2D eigenvalue weighted by Crippen LogP contribution is 2.03. The molecule has 0 fully saturated rings. The van der Waals surface area contributed by atoms with Crippen molar-refractivity contribution in [2.45, 2.75) is 20.3 Å². The molecule has 5 heteroatoms. The summed E-state index contributed by atoms with van der Waals surface area (Å²) in [6, 6.07) is 0. The van der Waals surface area contributed by atoms with Crippen LogP contribution < -0.4 is 0 Å². The van der Waals surface area contributed by atoms with Gasteiger partial charge in [-0.3, -0.25) is 9.69 Å². The maximum atomic E-state index is 11.9. The van der Waals surface area contributed by atoms with E-state index in [2.05, 4.69) is 0 Å². The minimum absolute atomic E-state index is 0.295. The molecule has 0 bridgehead atoms. The Balaban J connectivity index is 3.80. The third kappa shape index (κ3) is 5.85. The Labute approximate surface area is 83.0 Å². The smallest absolute Gasteiger partial charge is 0.309 e. The first-order valence-electron chi connectivity index (χ1n) is 4.60. The Morgan fingerprint density at radius 3 is 2.43 bits per heavy atom. The average Bonchev–Trinajstić information content (AvgIpc) is 2.02. The predicted octanol–water partition coefficient (Wildman–Crippen LogP) is 1.38. The normalized spacial score (nSPS) is 13.4. The van der Waals surface area contributed by atoms with E-state index in [0.29, 0.717) is 13.2 Å². The van der Waals surface area contributed by atoms with E-state index in [1.54, 1.807) is 20.9 Å². The van der Waals surface area contributed by atoms with E-state index in [4.69, 9.17) is 4.74 Å². The quantitative estimate of drug-likeness (QED) is 0.619. The molecule has 14 heavy (non-hydrogen) atoms. The van der Waals surface area contributed by atoms with Crippen molar-refractivity contribution < 1.29 is 18.3 Å². The van der Waals surface area contributed by atoms with Gasteiger partial charge in [-0.1, -0.05) is 6.92 Å². The van der Waals surface area contributed by atoms with Gasteiger partial charge in [0, 0.05) is 6.54 Å². The molecule has 0 rings (SSSR count). The molecule has 0 N–H and O–H groups in total. The van der Waals surface area contributed by atoms with Gasteiger partial charge in [-0.05, 0) is 14.0 Å². The molecular weight excluding hydrogens is 192 g/mol. The zero-order valence-corrected chi connectivity index (χ0v) is 8.80. The maximum Gasteiger partial charge on any atom is 0.309 e. The zero-order valence-electron chi connectivity index (χ0n) is 8.80. The van der Waals surface area contributed by atoms with Crippen LogP contribution in [-0.4, -0.2) is 44.0 Å². The number of nitrogens with zero attached hydrogens (tertiary/aromatic N) is 1. The molecule has 0 aromatic rings. The second-order valence-electron chi connectivity index (χ2n) is 3.27. The number of carbonyl (C=O) groups excluding carboxylic acids is 1. The number of hydrogen-bond acceptors (Lipinski definition) is 3. The van der Waals surface area contributed by atoms with E-state index in [1.807, 2.05) is 0 Å². The maximum absolute atomic E-state index is 11.9. The fourth-order valence-corrected chi connectivity index (χ4v) is 1.14. The SMILES string of the molecule is CCOC(=O)C(C)CN(C)CC(F)F. The van der Waals surface area contributed by atoms with Gasteiger partial charge in [-0.2, -0.15) is 0 Å². The van der Waals surface area contributed by atoms with Crippen molar-refractivity contribution in [3.8, 4) is 0 Å². The molecule has 1 unspecified atom stereocenters. The molecule has 0 radical (unpaired) electrons. The minimum atomic E-state index is -2.37. The molecule has 0 aromatic heterocycles. The molecule has 0 aliphatic rings. The van der Waals surface area contributed by atoms with Crippen molar-refractivity contribution in [3.05, 3.63) is 0 Å². The van der Waals surface area contributed by atoms with Crippen molar-refractivity contribution in [1.29, 1.82) is 0 Å². The summed E-state index contributed by atoms with van der Waals surface area (Å²) in [5, 5.41) is 0. The lowest BCUT2D eigenvalue weighted by molar-refractivity contribution is -0.148. The Hall–Kier alpha value is -0.710. The van der Waals surface area contributed by atoms with Gasteiger partial charge < -0.3 is 4.74 Å². The van der Waals surface area contributed by atoms with Crippen LogP contribution in [0.15, 0.2) is 0 Å². The van der Waals surface area contributed by atoms with Crippen LogP contribution in [-0.2, 0) is 9.53 Å². The third-order valence-electron chi connectivity index (χ3n) is 1.72. The van der Waals surface area contributed by atoms with Crippen LogP contribution in [0, 0.1) is 5.92 Å². The summed E-state index contributed by atoms with van der Waals surface area (Å²) in [6.07, 6.45) is -2.37. The van der Waals surface area contributed by atoms with E-state index in [0.717, 1.165) is 0 Å². The van der Waals surface area contributed by atoms with E-state index in [9.17, 15) is 13.6 Å². The van der Waals surface area contributed by atoms with Crippen LogP contribution in [0.4, 0.5) is 8.78 Å². The molecule has 0 spiro atoms. The molecular formula is C9H17F2NO2. The first-order valence-corrected chi connectivity index (χ1v) is 4.60. The first-order chi connectivity index (χ1) is 6.47. The van der Waals surface area contributed by atoms with Gasteiger partial charge in [0.15, 0.2) is 0 Å². The number of rotatable bonds is 6.